The van der Waals surface area contributed by atoms with Gasteiger partial charge in [-0.3, -0.25) is 10.1 Å². The number of hydrogen-bond acceptors (Lipinski definition) is 2. The van der Waals surface area contributed by atoms with Crippen LogP contribution in [0.1, 0.15) is 21.5 Å². The molecule has 0 saturated carbocycles. The van der Waals surface area contributed by atoms with E-state index < -0.39 is 0 Å². The fourth-order valence-corrected chi connectivity index (χ4v) is 2.59. The lowest BCUT2D eigenvalue weighted by molar-refractivity contribution is 0.0977. The Morgan fingerprint density at radius 3 is 2.52 bits per heavy atom. The Balaban J connectivity index is 2.05. The van der Waals surface area contributed by atoms with E-state index in [1.54, 1.807) is 12.1 Å². The second kappa shape index (κ2) is 6.83. The zero-order valence-electron chi connectivity index (χ0n) is 11.7. The van der Waals surface area contributed by atoms with Crippen LogP contribution in [0.3, 0.4) is 0 Å². The van der Waals surface area contributed by atoms with Gasteiger partial charge in [-0.1, -0.05) is 29.8 Å². The average Bonchev–Trinajstić information content (AvgIpc) is 2.42. The highest BCUT2D eigenvalue weighted by molar-refractivity contribution is 9.10. The molecule has 21 heavy (non-hydrogen) atoms. The van der Waals surface area contributed by atoms with Crippen LogP contribution in [-0.2, 0) is 0 Å². The first-order chi connectivity index (χ1) is 9.97. The summed E-state index contributed by atoms with van der Waals surface area (Å²) in [5, 5.41) is 6.00. The first-order valence-electron chi connectivity index (χ1n) is 6.41. The molecule has 0 spiro atoms. The van der Waals surface area contributed by atoms with E-state index in [4.69, 9.17) is 12.2 Å². The standard InChI is InChI=1S/C16H15BrN2OS/c1-10-7-8-14(11(2)9-10)18-16(21)19-15(20)12-5-3-4-6-13(12)17/h3-9H,1-2H3,(H2,18,19,20,21). The van der Waals surface area contributed by atoms with Crippen molar-refractivity contribution in [2.24, 2.45) is 0 Å². The van der Waals surface area contributed by atoms with Crippen LogP contribution in [0.5, 0.6) is 0 Å². The van der Waals surface area contributed by atoms with E-state index in [9.17, 15) is 4.79 Å². The molecule has 0 unspecified atom stereocenters. The van der Waals surface area contributed by atoms with Gasteiger partial charge in [-0.25, -0.2) is 0 Å². The second-order valence-electron chi connectivity index (χ2n) is 4.71. The van der Waals surface area contributed by atoms with Gasteiger partial charge in [-0.15, -0.1) is 0 Å². The topological polar surface area (TPSA) is 41.1 Å². The van der Waals surface area contributed by atoms with Crippen LogP contribution in [0.4, 0.5) is 5.69 Å². The van der Waals surface area contributed by atoms with Crippen molar-refractivity contribution in [3.05, 3.63) is 63.6 Å². The van der Waals surface area contributed by atoms with E-state index in [0.717, 1.165) is 15.7 Å². The lowest BCUT2D eigenvalue weighted by Gasteiger charge is -2.12. The van der Waals surface area contributed by atoms with E-state index in [1.165, 1.54) is 5.56 Å². The molecule has 0 aromatic heterocycles. The third-order valence-corrected chi connectivity index (χ3v) is 3.87. The monoisotopic (exact) mass is 362 g/mol. The summed E-state index contributed by atoms with van der Waals surface area (Å²) in [7, 11) is 0. The van der Waals surface area contributed by atoms with Crippen molar-refractivity contribution < 1.29 is 4.79 Å². The number of carbonyl (C=O) groups excluding carboxylic acids is 1. The second-order valence-corrected chi connectivity index (χ2v) is 5.97. The largest absolute Gasteiger partial charge is 0.332 e. The molecular formula is C16H15BrN2OS. The predicted octanol–water partition coefficient (Wildman–Crippen LogP) is 4.19. The molecule has 0 aliphatic rings. The molecule has 0 heterocycles. The Morgan fingerprint density at radius 1 is 1.14 bits per heavy atom. The Hall–Kier alpha value is -1.72. The summed E-state index contributed by atoms with van der Waals surface area (Å²) >= 11 is 8.54. The molecule has 0 atom stereocenters. The van der Waals surface area contributed by atoms with E-state index >= 15 is 0 Å². The third-order valence-electron chi connectivity index (χ3n) is 2.98. The van der Waals surface area contributed by atoms with Gasteiger partial charge in [0.2, 0.25) is 0 Å². The van der Waals surface area contributed by atoms with Gasteiger partial charge in [-0.2, -0.15) is 0 Å². The van der Waals surface area contributed by atoms with Crippen LogP contribution in [0, 0.1) is 13.8 Å². The van der Waals surface area contributed by atoms with Crippen LogP contribution >= 0.6 is 28.1 Å². The van der Waals surface area contributed by atoms with Crippen molar-refractivity contribution in [1.29, 1.82) is 0 Å². The fourth-order valence-electron chi connectivity index (χ4n) is 1.92. The van der Waals surface area contributed by atoms with Crippen molar-refractivity contribution in [2.45, 2.75) is 13.8 Å². The van der Waals surface area contributed by atoms with Gasteiger partial charge in [0.1, 0.15) is 0 Å². The minimum absolute atomic E-state index is 0.246. The molecule has 108 valence electrons. The minimum Gasteiger partial charge on any atom is -0.332 e. The van der Waals surface area contributed by atoms with E-state index in [2.05, 4.69) is 32.6 Å². The molecule has 0 radical (unpaired) electrons. The number of rotatable bonds is 2. The molecule has 2 aromatic carbocycles. The summed E-state index contributed by atoms with van der Waals surface area (Å²) in [6, 6.07) is 13.2. The number of aryl methyl sites for hydroxylation is 2. The molecule has 3 nitrogen and oxygen atoms in total. The van der Waals surface area contributed by atoms with E-state index in [-0.39, 0.29) is 11.0 Å². The quantitative estimate of drug-likeness (QED) is 0.786. The lowest BCUT2D eigenvalue weighted by Crippen LogP contribution is -2.34. The maximum Gasteiger partial charge on any atom is 0.258 e. The number of hydrogen-bond donors (Lipinski definition) is 2. The van der Waals surface area contributed by atoms with Crippen molar-refractivity contribution in [2.75, 3.05) is 5.32 Å². The summed E-state index contributed by atoms with van der Waals surface area (Å²) in [5.74, 6) is -0.246. The molecule has 1 amide bonds. The van der Waals surface area contributed by atoms with Crippen molar-refractivity contribution in [3.63, 3.8) is 0 Å². The zero-order chi connectivity index (χ0) is 15.4. The Labute approximate surface area is 137 Å². The molecule has 0 fully saturated rings. The molecule has 0 saturated heterocycles. The number of anilines is 1. The van der Waals surface area contributed by atoms with Crippen LogP contribution in [0.2, 0.25) is 0 Å². The van der Waals surface area contributed by atoms with Crippen LogP contribution in [-0.4, -0.2) is 11.0 Å². The molecule has 0 aliphatic carbocycles. The zero-order valence-corrected chi connectivity index (χ0v) is 14.1. The molecule has 5 heteroatoms. The van der Waals surface area contributed by atoms with Gasteiger partial charge in [0, 0.05) is 10.2 Å². The normalized spacial score (nSPS) is 10.0. The van der Waals surface area contributed by atoms with Crippen molar-refractivity contribution in [1.82, 2.24) is 5.32 Å². The lowest BCUT2D eigenvalue weighted by atomic mass is 10.1. The third kappa shape index (κ3) is 4.12. The summed E-state index contributed by atoms with van der Waals surface area (Å²) in [5.41, 5.74) is 3.69. The Kier molecular flexibility index (Phi) is 5.09. The predicted molar refractivity (Wildman–Crippen MR) is 93.7 cm³/mol. The van der Waals surface area contributed by atoms with Crippen molar-refractivity contribution >= 4 is 44.9 Å². The maximum absolute atomic E-state index is 12.1. The highest BCUT2D eigenvalue weighted by Crippen LogP contribution is 2.17. The van der Waals surface area contributed by atoms with Gasteiger partial charge in [0.25, 0.3) is 5.91 Å². The first kappa shape index (κ1) is 15.7. The molecular weight excluding hydrogens is 348 g/mol. The average molecular weight is 363 g/mol. The number of thiocarbonyl (C=S) groups is 1. The summed E-state index contributed by atoms with van der Waals surface area (Å²) in [6.45, 7) is 4.03. The smallest absolute Gasteiger partial charge is 0.258 e. The van der Waals surface area contributed by atoms with Gasteiger partial charge in [-0.05, 0) is 65.8 Å². The first-order valence-corrected chi connectivity index (χ1v) is 7.61. The molecule has 0 aliphatic heterocycles. The van der Waals surface area contributed by atoms with Crippen molar-refractivity contribution in [3.8, 4) is 0 Å². The Bertz CT molecular complexity index is 700. The number of nitrogens with one attached hydrogen (secondary N) is 2. The van der Waals surface area contributed by atoms with Gasteiger partial charge < -0.3 is 5.32 Å². The highest BCUT2D eigenvalue weighted by Gasteiger charge is 2.11. The van der Waals surface area contributed by atoms with Crippen LogP contribution in [0.15, 0.2) is 46.9 Å². The van der Waals surface area contributed by atoms with Crippen LogP contribution < -0.4 is 10.6 Å². The summed E-state index contributed by atoms with van der Waals surface area (Å²) in [4.78, 5) is 12.1. The molecule has 2 rings (SSSR count). The van der Waals surface area contributed by atoms with Gasteiger partial charge >= 0.3 is 0 Å². The minimum atomic E-state index is -0.246. The van der Waals surface area contributed by atoms with E-state index in [1.807, 2.05) is 38.1 Å². The Morgan fingerprint density at radius 2 is 1.86 bits per heavy atom. The number of halogens is 1. The SMILES string of the molecule is Cc1ccc(NC(=S)NC(=O)c2ccccc2Br)c(C)c1. The number of amides is 1. The molecule has 0 bridgehead atoms. The fraction of sp³-hybridized carbons (Fsp3) is 0.125. The van der Waals surface area contributed by atoms with Gasteiger partial charge in [0.05, 0.1) is 5.56 Å². The number of carbonyl (C=O) groups is 1. The maximum atomic E-state index is 12.1. The molecule has 2 aromatic rings. The summed E-state index contributed by atoms with van der Waals surface area (Å²) in [6.07, 6.45) is 0. The summed E-state index contributed by atoms with van der Waals surface area (Å²) < 4.78 is 0.733. The number of benzene rings is 2. The van der Waals surface area contributed by atoms with Gasteiger partial charge in [0.15, 0.2) is 5.11 Å². The van der Waals surface area contributed by atoms with Crippen LogP contribution in [0.25, 0.3) is 0 Å². The van der Waals surface area contributed by atoms with E-state index in [0.29, 0.717) is 5.56 Å². The molecule has 2 N–H and O–H groups in total. The highest BCUT2D eigenvalue weighted by atomic mass is 79.9.